The number of nitro benzene ring substituents is 1. The molecule has 0 aliphatic carbocycles. The van der Waals surface area contributed by atoms with E-state index in [4.69, 9.17) is 0 Å². The quantitative estimate of drug-likeness (QED) is 0.413. The number of nitriles is 1. The first kappa shape index (κ1) is 17.2. The summed E-state index contributed by atoms with van der Waals surface area (Å²) in [6, 6.07) is 13.6. The normalized spacial score (nSPS) is 11.0. The van der Waals surface area contributed by atoms with Gasteiger partial charge in [0, 0.05) is 23.1 Å². The van der Waals surface area contributed by atoms with Gasteiger partial charge in [0.05, 0.1) is 16.3 Å². The highest BCUT2D eigenvalue weighted by atomic mass is 32.1. The van der Waals surface area contributed by atoms with Crippen molar-refractivity contribution in [3.05, 3.63) is 74.9 Å². The standard InChI is InChI=1S/C17H10FN5O2S/c18-12-4-6-13(7-5-12)21-22-15(9-19)17-20-16(10-26-17)11-2-1-3-14(8-11)23(24)25/h1-8,10,21H/b22-15-. The van der Waals surface area contributed by atoms with Gasteiger partial charge in [0.1, 0.15) is 11.9 Å². The zero-order valence-electron chi connectivity index (χ0n) is 13.1. The van der Waals surface area contributed by atoms with Gasteiger partial charge in [-0.15, -0.1) is 11.3 Å². The number of hydrazone groups is 1. The van der Waals surface area contributed by atoms with E-state index in [-0.39, 0.29) is 17.2 Å². The van der Waals surface area contributed by atoms with Gasteiger partial charge in [-0.1, -0.05) is 12.1 Å². The molecule has 0 fully saturated rings. The molecule has 0 aliphatic rings. The number of rotatable bonds is 5. The Balaban J connectivity index is 1.84. The number of anilines is 1. The average Bonchev–Trinajstić information content (AvgIpc) is 3.14. The second kappa shape index (κ2) is 7.50. The fourth-order valence-corrected chi connectivity index (χ4v) is 2.83. The molecule has 26 heavy (non-hydrogen) atoms. The third kappa shape index (κ3) is 3.88. The smallest absolute Gasteiger partial charge is 0.270 e. The molecule has 9 heteroatoms. The van der Waals surface area contributed by atoms with Crippen LogP contribution in [0.2, 0.25) is 0 Å². The number of hydrogen-bond donors (Lipinski definition) is 1. The Kier molecular flexibility index (Phi) is 4.96. The molecule has 0 spiro atoms. The summed E-state index contributed by atoms with van der Waals surface area (Å²) >= 11 is 1.19. The van der Waals surface area contributed by atoms with E-state index in [9.17, 15) is 19.8 Å². The summed E-state index contributed by atoms with van der Waals surface area (Å²) in [5.41, 5.74) is 4.29. The molecule has 0 saturated carbocycles. The number of hydrogen-bond acceptors (Lipinski definition) is 7. The van der Waals surface area contributed by atoms with Crippen LogP contribution >= 0.6 is 11.3 Å². The summed E-state index contributed by atoms with van der Waals surface area (Å²) in [5, 5.41) is 26.2. The Morgan fingerprint density at radius 1 is 1.31 bits per heavy atom. The average molecular weight is 367 g/mol. The van der Waals surface area contributed by atoms with Crippen LogP contribution in [0.1, 0.15) is 5.01 Å². The minimum absolute atomic E-state index is 0.0378. The molecular formula is C17H10FN5O2S. The molecule has 128 valence electrons. The van der Waals surface area contributed by atoms with Gasteiger partial charge < -0.3 is 0 Å². The van der Waals surface area contributed by atoms with Crippen LogP contribution in [0.15, 0.2) is 59.0 Å². The molecule has 0 aliphatic heterocycles. The van der Waals surface area contributed by atoms with Crippen LogP contribution in [0.4, 0.5) is 15.8 Å². The molecule has 7 nitrogen and oxygen atoms in total. The van der Waals surface area contributed by atoms with Crippen molar-refractivity contribution < 1.29 is 9.31 Å². The van der Waals surface area contributed by atoms with E-state index >= 15 is 0 Å². The zero-order valence-corrected chi connectivity index (χ0v) is 13.9. The van der Waals surface area contributed by atoms with Crippen molar-refractivity contribution in [3.63, 3.8) is 0 Å². The van der Waals surface area contributed by atoms with Gasteiger partial charge in [0.15, 0.2) is 10.7 Å². The fourth-order valence-electron chi connectivity index (χ4n) is 2.06. The summed E-state index contributed by atoms with van der Waals surface area (Å²) < 4.78 is 12.9. The largest absolute Gasteiger partial charge is 0.277 e. The van der Waals surface area contributed by atoms with E-state index in [1.807, 2.05) is 6.07 Å². The van der Waals surface area contributed by atoms with Crippen LogP contribution in [-0.2, 0) is 0 Å². The first-order valence-electron chi connectivity index (χ1n) is 7.27. The molecule has 0 bridgehead atoms. The number of halogens is 1. The lowest BCUT2D eigenvalue weighted by Gasteiger charge is -2.00. The summed E-state index contributed by atoms with van der Waals surface area (Å²) in [5.74, 6) is -0.374. The zero-order chi connectivity index (χ0) is 18.5. The summed E-state index contributed by atoms with van der Waals surface area (Å²) in [6.07, 6.45) is 0. The van der Waals surface area contributed by atoms with Crippen molar-refractivity contribution in [2.24, 2.45) is 5.10 Å². The summed E-state index contributed by atoms with van der Waals surface area (Å²) in [4.78, 5) is 14.7. The minimum Gasteiger partial charge on any atom is -0.277 e. The van der Waals surface area contributed by atoms with E-state index in [1.165, 1.54) is 47.7 Å². The molecule has 1 aromatic heterocycles. The first-order valence-corrected chi connectivity index (χ1v) is 8.15. The minimum atomic E-state index is -0.481. The summed E-state index contributed by atoms with van der Waals surface area (Å²) in [7, 11) is 0. The fraction of sp³-hybridized carbons (Fsp3) is 0. The third-order valence-corrected chi connectivity index (χ3v) is 4.16. The van der Waals surface area contributed by atoms with Crippen LogP contribution in [0.25, 0.3) is 11.3 Å². The number of nitro groups is 1. The van der Waals surface area contributed by atoms with Gasteiger partial charge in [-0.25, -0.2) is 9.37 Å². The predicted octanol–water partition coefficient (Wildman–Crippen LogP) is 4.20. The molecule has 0 amide bonds. The van der Waals surface area contributed by atoms with Crippen LogP contribution in [0.5, 0.6) is 0 Å². The van der Waals surface area contributed by atoms with Crippen molar-refractivity contribution >= 4 is 28.4 Å². The van der Waals surface area contributed by atoms with Crippen molar-refractivity contribution in [2.45, 2.75) is 0 Å². The topological polar surface area (TPSA) is 104 Å². The predicted molar refractivity (Wildman–Crippen MR) is 96.4 cm³/mol. The lowest BCUT2D eigenvalue weighted by molar-refractivity contribution is -0.384. The highest BCUT2D eigenvalue weighted by Gasteiger charge is 2.13. The molecule has 3 rings (SSSR count). The molecule has 3 aromatic rings. The highest BCUT2D eigenvalue weighted by Crippen LogP contribution is 2.25. The molecule has 0 unspecified atom stereocenters. The summed E-state index contributed by atoms with van der Waals surface area (Å²) in [6.45, 7) is 0. The number of thiazole rings is 1. The number of nitrogens with zero attached hydrogens (tertiary/aromatic N) is 4. The van der Waals surface area contributed by atoms with Crippen molar-refractivity contribution in [3.8, 4) is 17.3 Å². The van der Waals surface area contributed by atoms with Gasteiger partial charge in [0.2, 0.25) is 0 Å². The van der Waals surface area contributed by atoms with Crippen LogP contribution in [0, 0.1) is 27.3 Å². The van der Waals surface area contributed by atoms with E-state index in [1.54, 1.807) is 17.5 Å². The number of benzene rings is 2. The Morgan fingerprint density at radius 2 is 2.08 bits per heavy atom. The Hall–Kier alpha value is -3.64. The van der Waals surface area contributed by atoms with E-state index in [0.29, 0.717) is 22.0 Å². The van der Waals surface area contributed by atoms with E-state index in [2.05, 4.69) is 15.5 Å². The molecule has 0 atom stereocenters. The van der Waals surface area contributed by atoms with Crippen molar-refractivity contribution in [1.82, 2.24) is 4.98 Å². The maximum Gasteiger partial charge on any atom is 0.270 e. The van der Waals surface area contributed by atoms with Crippen LogP contribution in [-0.4, -0.2) is 15.6 Å². The van der Waals surface area contributed by atoms with E-state index in [0.717, 1.165) is 0 Å². The van der Waals surface area contributed by atoms with Crippen LogP contribution in [0.3, 0.4) is 0 Å². The lowest BCUT2D eigenvalue weighted by atomic mass is 10.1. The van der Waals surface area contributed by atoms with Gasteiger partial charge >= 0.3 is 0 Å². The Bertz CT molecular complexity index is 1020. The van der Waals surface area contributed by atoms with E-state index < -0.39 is 4.92 Å². The molecule has 0 saturated heterocycles. The third-order valence-electron chi connectivity index (χ3n) is 3.31. The second-order valence-electron chi connectivity index (χ2n) is 5.04. The number of non-ortho nitro benzene ring substituents is 1. The molecule has 1 heterocycles. The molecular weight excluding hydrogens is 357 g/mol. The Morgan fingerprint density at radius 3 is 2.77 bits per heavy atom. The molecule has 1 N–H and O–H groups in total. The van der Waals surface area contributed by atoms with Crippen LogP contribution < -0.4 is 5.43 Å². The van der Waals surface area contributed by atoms with Gasteiger partial charge in [-0.3, -0.25) is 15.5 Å². The number of aromatic nitrogens is 1. The molecule has 0 radical (unpaired) electrons. The SMILES string of the molecule is N#C/C(=N/Nc1ccc(F)cc1)c1nc(-c2cccc([N+](=O)[O-])c2)cs1. The van der Waals surface area contributed by atoms with Gasteiger partial charge in [0.25, 0.3) is 5.69 Å². The monoisotopic (exact) mass is 367 g/mol. The van der Waals surface area contributed by atoms with Gasteiger partial charge in [-0.2, -0.15) is 10.4 Å². The lowest BCUT2D eigenvalue weighted by Crippen LogP contribution is -2.01. The maximum atomic E-state index is 12.9. The molecule has 2 aromatic carbocycles. The highest BCUT2D eigenvalue weighted by molar-refractivity contribution is 7.12. The van der Waals surface area contributed by atoms with Gasteiger partial charge in [-0.05, 0) is 24.3 Å². The first-order chi connectivity index (χ1) is 12.6. The van der Waals surface area contributed by atoms with Crippen molar-refractivity contribution in [1.29, 1.82) is 5.26 Å². The van der Waals surface area contributed by atoms with Crippen molar-refractivity contribution in [2.75, 3.05) is 5.43 Å². The second-order valence-corrected chi connectivity index (χ2v) is 5.89. The maximum absolute atomic E-state index is 12.9. The Labute approximate surface area is 151 Å². The number of nitrogens with one attached hydrogen (secondary N) is 1.